The summed E-state index contributed by atoms with van der Waals surface area (Å²) in [6.07, 6.45) is 8.54. The number of aromatic nitrogens is 1. The molecule has 1 saturated carbocycles. The van der Waals surface area contributed by atoms with Crippen LogP contribution in [-0.4, -0.2) is 38.6 Å². The van der Waals surface area contributed by atoms with Crippen molar-refractivity contribution in [3.05, 3.63) is 47.0 Å². The molecule has 1 aliphatic carbocycles. The monoisotopic (exact) mass is 448 g/mol. The number of ether oxygens (including phenoxy) is 1. The molecule has 9 heteroatoms. The lowest BCUT2D eigenvalue weighted by Crippen LogP contribution is -2.14. The molecular formula is C21H24N2O5S2. The fourth-order valence-corrected chi connectivity index (χ4v) is 4.75. The van der Waals surface area contributed by atoms with Crippen molar-refractivity contribution in [1.82, 2.24) is 4.98 Å². The number of sulfone groups is 1. The van der Waals surface area contributed by atoms with Crippen molar-refractivity contribution < 1.29 is 22.7 Å². The van der Waals surface area contributed by atoms with Gasteiger partial charge in [-0.2, -0.15) is 0 Å². The minimum absolute atomic E-state index is 0.131. The van der Waals surface area contributed by atoms with Gasteiger partial charge in [0, 0.05) is 17.2 Å². The first-order valence-corrected chi connectivity index (χ1v) is 12.4. The smallest absolute Gasteiger partial charge is 0.357 e. The Kier molecular flexibility index (Phi) is 7.04. The van der Waals surface area contributed by atoms with Gasteiger partial charge in [0.25, 0.3) is 5.91 Å². The Labute approximate surface area is 180 Å². The van der Waals surface area contributed by atoms with Gasteiger partial charge in [-0.05, 0) is 30.0 Å². The molecule has 0 unspecified atom stereocenters. The maximum atomic E-state index is 13.0. The molecule has 7 nitrogen and oxygen atoms in total. The third-order valence-electron chi connectivity index (χ3n) is 5.09. The van der Waals surface area contributed by atoms with Gasteiger partial charge in [-0.1, -0.05) is 43.9 Å². The van der Waals surface area contributed by atoms with Gasteiger partial charge < -0.3 is 4.74 Å². The average molecular weight is 449 g/mol. The largest absolute Gasteiger partial charge is 0.464 e. The van der Waals surface area contributed by atoms with Crippen LogP contribution in [0.15, 0.2) is 40.6 Å². The van der Waals surface area contributed by atoms with Crippen molar-refractivity contribution in [3.63, 3.8) is 0 Å². The molecule has 0 atom stereocenters. The highest BCUT2D eigenvalue weighted by Gasteiger charge is 2.19. The summed E-state index contributed by atoms with van der Waals surface area (Å²) in [6, 6.07) is 6.27. The first-order chi connectivity index (χ1) is 14.3. The van der Waals surface area contributed by atoms with Crippen LogP contribution in [0.1, 0.15) is 48.2 Å². The van der Waals surface area contributed by atoms with Gasteiger partial charge in [-0.25, -0.2) is 18.2 Å². The summed E-state index contributed by atoms with van der Waals surface area (Å²) in [7, 11) is -2.05. The van der Waals surface area contributed by atoms with E-state index in [4.69, 9.17) is 0 Å². The molecule has 30 heavy (non-hydrogen) atoms. The van der Waals surface area contributed by atoms with Crippen LogP contribution < -0.4 is 5.32 Å². The number of hydrogen-bond acceptors (Lipinski definition) is 7. The van der Waals surface area contributed by atoms with Gasteiger partial charge in [0.1, 0.15) is 0 Å². The van der Waals surface area contributed by atoms with Crippen molar-refractivity contribution in [1.29, 1.82) is 0 Å². The van der Waals surface area contributed by atoms with E-state index >= 15 is 0 Å². The van der Waals surface area contributed by atoms with Gasteiger partial charge >= 0.3 is 5.97 Å². The molecule has 1 aliphatic rings. The quantitative estimate of drug-likeness (QED) is 0.508. The zero-order valence-corrected chi connectivity index (χ0v) is 18.5. The summed E-state index contributed by atoms with van der Waals surface area (Å²) in [5.74, 6) is -0.375. The number of nitrogens with zero attached hydrogens (tertiary/aromatic N) is 1. The lowest BCUT2D eigenvalue weighted by Gasteiger charge is -2.11. The number of allylic oxidation sites excluding steroid dienone is 1. The Balaban J connectivity index is 1.84. The zero-order chi connectivity index (χ0) is 21.7. The van der Waals surface area contributed by atoms with Crippen LogP contribution in [0.3, 0.4) is 0 Å². The normalized spacial score (nSPS) is 15.2. The first kappa shape index (κ1) is 22.2. The van der Waals surface area contributed by atoms with E-state index in [0.717, 1.165) is 36.9 Å². The van der Waals surface area contributed by atoms with Crippen LogP contribution in [0.4, 0.5) is 5.13 Å². The van der Waals surface area contributed by atoms with E-state index in [0.29, 0.717) is 22.2 Å². The number of nitrogens with one attached hydrogen (secondary N) is 1. The molecule has 0 bridgehead atoms. The zero-order valence-electron chi connectivity index (χ0n) is 16.9. The maximum absolute atomic E-state index is 13.0. The number of carbonyl (C=O) groups excluding carboxylic acids is 2. The van der Waals surface area contributed by atoms with Gasteiger partial charge in [-0.15, -0.1) is 11.3 Å². The Bertz CT molecular complexity index is 1050. The van der Waals surface area contributed by atoms with Crippen LogP contribution in [-0.2, 0) is 19.4 Å². The van der Waals surface area contributed by atoms with Crippen molar-refractivity contribution in [2.75, 3.05) is 18.7 Å². The summed E-state index contributed by atoms with van der Waals surface area (Å²) >= 11 is 1.13. The number of methoxy groups -OCH3 is 1. The second-order valence-corrected chi connectivity index (χ2v) is 10.2. The summed E-state index contributed by atoms with van der Waals surface area (Å²) in [5.41, 5.74) is 1.21. The lowest BCUT2D eigenvalue weighted by molar-refractivity contribution is -0.111. The SMILES string of the molecule is COC(=O)c1csc(NC(=O)/C(=C/CC2CCCC2)c2ccc(S(C)(=O)=O)cc2)n1. The second kappa shape index (κ2) is 9.53. The molecule has 1 aromatic heterocycles. The molecule has 0 saturated heterocycles. The number of esters is 1. The Morgan fingerprint density at radius 3 is 2.50 bits per heavy atom. The number of benzene rings is 1. The molecular weight excluding hydrogens is 424 g/mol. The highest BCUT2D eigenvalue weighted by Crippen LogP contribution is 2.30. The number of hydrogen-bond donors (Lipinski definition) is 1. The van der Waals surface area contributed by atoms with Gasteiger partial charge in [0.15, 0.2) is 20.7 Å². The molecule has 1 heterocycles. The molecule has 0 spiro atoms. The molecule has 2 aromatic rings. The van der Waals surface area contributed by atoms with Crippen molar-refractivity contribution in [2.24, 2.45) is 5.92 Å². The van der Waals surface area contributed by atoms with E-state index in [9.17, 15) is 18.0 Å². The van der Waals surface area contributed by atoms with Crippen LogP contribution in [0.5, 0.6) is 0 Å². The number of anilines is 1. The average Bonchev–Trinajstić information content (AvgIpc) is 3.39. The van der Waals surface area contributed by atoms with E-state index in [-0.39, 0.29) is 16.5 Å². The third kappa shape index (κ3) is 5.54. The standard InChI is InChI=1S/C21H24N2O5S2/c1-28-20(25)18-13-29-21(22-18)23-19(24)17(12-7-14-5-3-4-6-14)15-8-10-16(11-9-15)30(2,26)27/h8-14H,3-7H2,1-2H3,(H,22,23,24)/b17-12+. The summed E-state index contributed by atoms with van der Waals surface area (Å²) in [4.78, 5) is 28.9. The van der Waals surface area contributed by atoms with Crippen molar-refractivity contribution >= 4 is 43.8 Å². The number of thiazole rings is 1. The van der Waals surface area contributed by atoms with Crippen LogP contribution in [0.25, 0.3) is 5.57 Å². The minimum Gasteiger partial charge on any atom is -0.464 e. The van der Waals surface area contributed by atoms with Crippen molar-refractivity contribution in [3.8, 4) is 0 Å². The van der Waals surface area contributed by atoms with Crippen molar-refractivity contribution in [2.45, 2.75) is 37.0 Å². The second-order valence-electron chi connectivity index (χ2n) is 7.28. The minimum atomic E-state index is -3.32. The summed E-state index contributed by atoms with van der Waals surface area (Å²) in [5, 5.41) is 4.54. The summed E-state index contributed by atoms with van der Waals surface area (Å²) < 4.78 is 28.1. The molecule has 1 fully saturated rings. The number of carbonyl (C=O) groups is 2. The summed E-state index contributed by atoms with van der Waals surface area (Å²) in [6.45, 7) is 0. The molecule has 0 aliphatic heterocycles. The molecule has 3 rings (SSSR count). The predicted octanol–water partition coefficient (Wildman–Crippen LogP) is 3.94. The molecule has 0 radical (unpaired) electrons. The van der Waals surface area contributed by atoms with E-state index in [1.165, 1.54) is 37.5 Å². The maximum Gasteiger partial charge on any atom is 0.357 e. The third-order valence-corrected chi connectivity index (χ3v) is 6.97. The highest BCUT2D eigenvalue weighted by molar-refractivity contribution is 7.90. The van der Waals surface area contributed by atoms with E-state index in [1.807, 2.05) is 6.08 Å². The van der Waals surface area contributed by atoms with E-state index in [2.05, 4.69) is 15.0 Å². The van der Waals surface area contributed by atoms with E-state index in [1.54, 1.807) is 12.1 Å². The van der Waals surface area contributed by atoms with Gasteiger partial charge in [-0.3, -0.25) is 10.1 Å². The molecule has 1 N–H and O–H groups in total. The van der Waals surface area contributed by atoms with Gasteiger partial charge in [0.2, 0.25) is 0 Å². The lowest BCUT2D eigenvalue weighted by atomic mass is 9.98. The molecule has 1 aromatic carbocycles. The van der Waals surface area contributed by atoms with Gasteiger partial charge in [0.05, 0.1) is 12.0 Å². The fraction of sp³-hybridized carbons (Fsp3) is 0.381. The van der Waals surface area contributed by atoms with Crippen LogP contribution in [0.2, 0.25) is 0 Å². The number of amides is 1. The molecule has 160 valence electrons. The number of rotatable bonds is 7. The van der Waals surface area contributed by atoms with Crippen LogP contribution >= 0.6 is 11.3 Å². The predicted molar refractivity (Wildman–Crippen MR) is 116 cm³/mol. The fourth-order valence-electron chi connectivity index (χ4n) is 3.45. The Morgan fingerprint density at radius 1 is 1.23 bits per heavy atom. The van der Waals surface area contributed by atoms with Crippen LogP contribution in [0, 0.1) is 5.92 Å². The Hall–Kier alpha value is -2.52. The highest BCUT2D eigenvalue weighted by atomic mass is 32.2. The first-order valence-electron chi connectivity index (χ1n) is 9.64. The van der Waals surface area contributed by atoms with E-state index < -0.39 is 15.8 Å². The topological polar surface area (TPSA) is 102 Å². The Morgan fingerprint density at radius 2 is 1.90 bits per heavy atom. The molecule has 1 amide bonds.